The van der Waals surface area contributed by atoms with Crippen molar-refractivity contribution in [2.45, 2.75) is 19.8 Å². The molecule has 2 nitrogen and oxygen atoms in total. The number of furan rings is 1. The van der Waals surface area contributed by atoms with Crippen LogP contribution >= 0.6 is 11.6 Å². The van der Waals surface area contributed by atoms with Gasteiger partial charge in [-0.25, -0.2) is 4.39 Å². The van der Waals surface area contributed by atoms with Gasteiger partial charge in [0.1, 0.15) is 11.6 Å². The van der Waals surface area contributed by atoms with Crippen molar-refractivity contribution in [3.63, 3.8) is 0 Å². The fourth-order valence-corrected chi connectivity index (χ4v) is 1.95. The molecule has 1 heterocycles. The van der Waals surface area contributed by atoms with Gasteiger partial charge in [0.2, 0.25) is 0 Å². The molecule has 0 spiro atoms. The molecule has 0 amide bonds. The predicted molar refractivity (Wildman–Crippen MR) is 67.5 cm³/mol. The molecule has 2 aromatic rings. The number of Topliss-reactive ketones (excluding diaryl/α,β-unsaturated/α-hetero) is 1. The van der Waals surface area contributed by atoms with Crippen molar-refractivity contribution in [2.24, 2.45) is 0 Å². The van der Waals surface area contributed by atoms with Crippen molar-refractivity contribution in [1.29, 1.82) is 0 Å². The molecule has 0 saturated carbocycles. The highest BCUT2D eigenvalue weighted by Crippen LogP contribution is 2.18. The van der Waals surface area contributed by atoms with E-state index in [4.69, 9.17) is 16.0 Å². The monoisotopic (exact) mass is 266 g/mol. The quantitative estimate of drug-likeness (QED) is 0.781. The van der Waals surface area contributed by atoms with Gasteiger partial charge in [0.15, 0.2) is 5.78 Å². The number of hydrogen-bond acceptors (Lipinski definition) is 2. The molecular weight excluding hydrogens is 255 g/mol. The Kier molecular flexibility index (Phi) is 3.82. The van der Waals surface area contributed by atoms with Crippen LogP contribution in [0.2, 0.25) is 5.02 Å². The van der Waals surface area contributed by atoms with E-state index in [1.807, 2.05) is 6.92 Å². The van der Waals surface area contributed by atoms with Gasteiger partial charge in [-0.2, -0.15) is 0 Å². The van der Waals surface area contributed by atoms with Gasteiger partial charge in [-0.05, 0) is 23.8 Å². The van der Waals surface area contributed by atoms with Gasteiger partial charge in [-0.3, -0.25) is 4.79 Å². The Morgan fingerprint density at radius 2 is 2.17 bits per heavy atom. The highest BCUT2D eigenvalue weighted by atomic mass is 35.5. The number of carbonyl (C=O) groups excluding carboxylic acids is 1. The lowest BCUT2D eigenvalue weighted by Crippen LogP contribution is -2.06. The average Bonchev–Trinajstić information content (AvgIpc) is 2.81. The summed E-state index contributed by atoms with van der Waals surface area (Å²) in [5.74, 6) is 0.0218. The minimum atomic E-state index is -0.461. The molecule has 0 saturated heterocycles. The number of carbonyl (C=O) groups is 1. The Hall–Kier alpha value is -1.61. The van der Waals surface area contributed by atoms with Crippen LogP contribution in [0.25, 0.3) is 0 Å². The molecule has 94 valence electrons. The second-order valence-electron chi connectivity index (χ2n) is 3.95. The first-order valence-electron chi connectivity index (χ1n) is 5.65. The largest absolute Gasteiger partial charge is 0.469 e. The van der Waals surface area contributed by atoms with Crippen molar-refractivity contribution < 1.29 is 13.6 Å². The zero-order valence-electron chi connectivity index (χ0n) is 9.87. The molecule has 0 atom stereocenters. The lowest BCUT2D eigenvalue weighted by atomic mass is 10.0. The summed E-state index contributed by atoms with van der Waals surface area (Å²) >= 11 is 5.66. The highest BCUT2D eigenvalue weighted by molar-refractivity contribution is 6.30. The van der Waals surface area contributed by atoms with Crippen molar-refractivity contribution in [3.8, 4) is 0 Å². The van der Waals surface area contributed by atoms with E-state index >= 15 is 0 Å². The van der Waals surface area contributed by atoms with Crippen molar-refractivity contribution in [3.05, 3.63) is 58.3 Å². The minimum absolute atomic E-state index is 0.00946. The summed E-state index contributed by atoms with van der Waals surface area (Å²) < 4.78 is 18.8. The first kappa shape index (κ1) is 12.8. The van der Waals surface area contributed by atoms with E-state index in [1.165, 1.54) is 18.4 Å². The van der Waals surface area contributed by atoms with Gasteiger partial charge < -0.3 is 4.42 Å². The van der Waals surface area contributed by atoms with Crippen molar-refractivity contribution in [1.82, 2.24) is 0 Å². The lowest BCUT2D eigenvalue weighted by Gasteiger charge is -2.03. The second-order valence-corrected chi connectivity index (χ2v) is 4.38. The van der Waals surface area contributed by atoms with Crippen LogP contribution < -0.4 is 0 Å². The van der Waals surface area contributed by atoms with Crippen LogP contribution in [0.1, 0.15) is 28.6 Å². The molecule has 0 aliphatic heterocycles. The van der Waals surface area contributed by atoms with Crippen LogP contribution in [0.15, 0.2) is 34.9 Å². The standard InChI is InChI=1S/C14H12ClFO2/c1-2-14-11(5-6-18-14)13(17)7-9-3-4-10(15)8-12(9)16/h3-6,8H,2,7H2,1H3. The van der Waals surface area contributed by atoms with Crippen LogP contribution in [-0.4, -0.2) is 5.78 Å². The number of halogens is 2. The van der Waals surface area contributed by atoms with Gasteiger partial charge in [0.25, 0.3) is 0 Å². The zero-order chi connectivity index (χ0) is 13.1. The molecule has 1 aromatic heterocycles. The summed E-state index contributed by atoms with van der Waals surface area (Å²) in [5.41, 5.74) is 0.861. The summed E-state index contributed by atoms with van der Waals surface area (Å²) in [6.07, 6.45) is 2.12. The van der Waals surface area contributed by atoms with Crippen molar-refractivity contribution >= 4 is 17.4 Å². The molecule has 0 unspecified atom stereocenters. The fraction of sp³-hybridized carbons (Fsp3) is 0.214. The van der Waals surface area contributed by atoms with Gasteiger partial charge >= 0.3 is 0 Å². The van der Waals surface area contributed by atoms with E-state index in [9.17, 15) is 9.18 Å². The predicted octanol–water partition coefficient (Wildman–Crippen LogP) is 4.06. The number of ketones is 1. The Balaban J connectivity index is 2.21. The van der Waals surface area contributed by atoms with E-state index in [2.05, 4.69) is 0 Å². The van der Waals surface area contributed by atoms with E-state index < -0.39 is 5.82 Å². The average molecular weight is 267 g/mol. The van der Waals surface area contributed by atoms with Gasteiger partial charge in [0, 0.05) is 17.9 Å². The van der Waals surface area contributed by atoms with Crippen molar-refractivity contribution in [2.75, 3.05) is 0 Å². The first-order valence-corrected chi connectivity index (χ1v) is 6.03. The maximum Gasteiger partial charge on any atom is 0.170 e. The molecule has 0 aliphatic carbocycles. The molecule has 0 N–H and O–H groups in total. The molecule has 0 bridgehead atoms. The van der Waals surface area contributed by atoms with Gasteiger partial charge in [0.05, 0.1) is 11.8 Å². The molecule has 0 radical (unpaired) electrons. The maximum atomic E-state index is 13.6. The number of rotatable bonds is 4. The first-order chi connectivity index (χ1) is 8.61. The second kappa shape index (κ2) is 5.36. The highest BCUT2D eigenvalue weighted by Gasteiger charge is 2.15. The van der Waals surface area contributed by atoms with Gasteiger partial charge in [-0.1, -0.05) is 24.6 Å². The number of hydrogen-bond donors (Lipinski definition) is 0. The Morgan fingerprint density at radius 3 is 2.83 bits per heavy atom. The van der Waals surface area contributed by atoms with E-state index in [1.54, 1.807) is 12.1 Å². The van der Waals surface area contributed by atoms with E-state index in [0.29, 0.717) is 28.3 Å². The van der Waals surface area contributed by atoms with Gasteiger partial charge in [-0.15, -0.1) is 0 Å². The number of aryl methyl sites for hydroxylation is 1. The molecular formula is C14H12ClFO2. The van der Waals surface area contributed by atoms with Crippen LogP contribution in [-0.2, 0) is 12.8 Å². The maximum absolute atomic E-state index is 13.6. The topological polar surface area (TPSA) is 30.2 Å². The van der Waals surface area contributed by atoms with E-state index in [-0.39, 0.29) is 12.2 Å². The molecule has 18 heavy (non-hydrogen) atoms. The van der Waals surface area contributed by atoms with E-state index in [0.717, 1.165) is 0 Å². The fourth-order valence-electron chi connectivity index (χ4n) is 1.80. The summed E-state index contributed by atoms with van der Waals surface area (Å²) in [4.78, 5) is 12.0. The Morgan fingerprint density at radius 1 is 1.39 bits per heavy atom. The normalized spacial score (nSPS) is 10.6. The Labute approximate surface area is 109 Å². The molecule has 0 aliphatic rings. The van der Waals surface area contributed by atoms with Crippen LogP contribution in [0.4, 0.5) is 4.39 Å². The summed E-state index contributed by atoms with van der Waals surface area (Å²) in [5, 5.41) is 0.321. The summed E-state index contributed by atoms with van der Waals surface area (Å²) in [6, 6.07) is 5.93. The smallest absolute Gasteiger partial charge is 0.170 e. The third kappa shape index (κ3) is 2.62. The third-order valence-corrected chi connectivity index (χ3v) is 2.97. The third-order valence-electron chi connectivity index (χ3n) is 2.73. The summed E-state index contributed by atoms with van der Waals surface area (Å²) in [6.45, 7) is 1.90. The SMILES string of the molecule is CCc1occc1C(=O)Cc1ccc(Cl)cc1F. The molecule has 2 rings (SSSR count). The molecule has 1 aromatic carbocycles. The molecule has 4 heteroatoms. The molecule has 0 fully saturated rings. The number of benzene rings is 1. The minimum Gasteiger partial charge on any atom is -0.469 e. The van der Waals surface area contributed by atoms with Crippen LogP contribution in [0.3, 0.4) is 0 Å². The van der Waals surface area contributed by atoms with Crippen LogP contribution in [0.5, 0.6) is 0 Å². The lowest BCUT2D eigenvalue weighted by molar-refractivity contribution is 0.0990. The summed E-state index contributed by atoms with van der Waals surface area (Å²) in [7, 11) is 0. The zero-order valence-corrected chi connectivity index (χ0v) is 10.6. The van der Waals surface area contributed by atoms with Crippen LogP contribution in [0, 0.1) is 5.82 Å². The Bertz CT molecular complexity index is 575.